The zero-order chi connectivity index (χ0) is 18.2. The van der Waals surface area contributed by atoms with Crippen molar-refractivity contribution in [3.63, 3.8) is 0 Å². The zero-order valence-electron chi connectivity index (χ0n) is 14.5. The molecule has 2 aromatic carbocycles. The number of benzene rings is 2. The van der Waals surface area contributed by atoms with Crippen LogP contribution in [0.4, 0.5) is 0 Å². The van der Waals surface area contributed by atoms with Gasteiger partial charge in [0.15, 0.2) is 0 Å². The van der Waals surface area contributed by atoms with Crippen molar-refractivity contribution >= 4 is 23.4 Å². The molecule has 0 aromatic heterocycles. The molecule has 0 unspecified atom stereocenters. The summed E-state index contributed by atoms with van der Waals surface area (Å²) in [5.41, 5.74) is 7.88. The maximum atomic E-state index is 11.9. The van der Waals surface area contributed by atoms with Crippen LogP contribution in [0.25, 0.3) is 0 Å². The van der Waals surface area contributed by atoms with E-state index in [2.05, 4.69) is 24.7 Å². The molecule has 2 aromatic rings. The number of hydrogen-bond donors (Lipinski definition) is 2. The van der Waals surface area contributed by atoms with Gasteiger partial charge in [0.25, 0.3) is 0 Å². The van der Waals surface area contributed by atoms with Gasteiger partial charge in [-0.05, 0) is 41.2 Å². The van der Waals surface area contributed by atoms with Gasteiger partial charge in [0.2, 0.25) is 11.8 Å². The molecule has 25 heavy (non-hydrogen) atoms. The van der Waals surface area contributed by atoms with Crippen LogP contribution in [0.3, 0.4) is 0 Å². The van der Waals surface area contributed by atoms with E-state index in [9.17, 15) is 9.59 Å². The van der Waals surface area contributed by atoms with Gasteiger partial charge in [0, 0.05) is 5.02 Å². The minimum atomic E-state index is -0.275. The first-order chi connectivity index (χ1) is 11.9. The van der Waals surface area contributed by atoms with Crippen LogP contribution < -0.4 is 10.9 Å². The number of hydrogen-bond acceptors (Lipinski definition) is 2. The van der Waals surface area contributed by atoms with Gasteiger partial charge in [-0.3, -0.25) is 20.4 Å². The number of hydrazine groups is 1. The normalized spacial score (nSPS) is 10.6. The summed E-state index contributed by atoms with van der Waals surface area (Å²) >= 11 is 5.80. The van der Waals surface area contributed by atoms with Gasteiger partial charge in [-0.1, -0.05) is 61.8 Å². The third-order valence-corrected chi connectivity index (χ3v) is 3.90. The summed E-state index contributed by atoms with van der Waals surface area (Å²) in [6.07, 6.45) is 1.43. The first kappa shape index (κ1) is 19.0. The summed E-state index contributed by atoms with van der Waals surface area (Å²) in [7, 11) is 0. The molecule has 0 spiro atoms. The second kappa shape index (κ2) is 9.23. The summed E-state index contributed by atoms with van der Waals surface area (Å²) < 4.78 is 0. The first-order valence-electron chi connectivity index (χ1n) is 8.32. The lowest BCUT2D eigenvalue weighted by atomic mass is 10.0. The highest BCUT2D eigenvalue weighted by molar-refractivity contribution is 6.30. The van der Waals surface area contributed by atoms with Crippen molar-refractivity contribution in [3.05, 3.63) is 70.2 Å². The van der Waals surface area contributed by atoms with Crippen LogP contribution in [0.2, 0.25) is 5.02 Å². The molecular formula is C20H23ClN2O2. The summed E-state index contributed by atoms with van der Waals surface area (Å²) in [6.45, 7) is 4.35. The SMILES string of the molecule is CC(C)Cc1ccc(CC(=O)NNC(=O)Cc2ccc(Cl)cc2)cc1. The van der Waals surface area contributed by atoms with Crippen molar-refractivity contribution in [1.82, 2.24) is 10.9 Å². The first-order valence-corrected chi connectivity index (χ1v) is 8.70. The van der Waals surface area contributed by atoms with Crippen molar-refractivity contribution in [1.29, 1.82) is 0 Å². The molecular weight excluding hydrogens is 336 g/mol. The van der Waals surface area contributed by atoms with Gasteiger partial charge in [0.05, 0.1) is 12.8 Å². The highest BCUT2D eigenvalue weighted by atomic mass is 35.5. The Balaban J connectivity index is 1.76. The minimum Gasteiger partial charge on any atom is -0.273 e. The number of carbonyl (C=O) groups excluding carboxylic acids is 2. The molecule has 2 rings (SSSR count). The van der Waals surface area contributed by atoms with E-state index < -0.39 is 0 Å². The van der Waals surface area contributed by atoms with Gasteiger partial charge in [-0.2, -0.15) is 0 Å². The third-order valence-electron chi connectivity index (χ3n) is 3.65. The predicted octanol–water partition coefficient (Wildman–Crippen LogP) is 3.47. The average molecular weight is 359 g/mol. The van der Waals surface area contributed by atoms with E-state index in [0.717, 1.165) is 17.5 Å². The molecule has 0 saturated heterocycles. The second-order valence-electron chi connectivity index (χ2n) is 6.49. The van der Waals surface area contributed by atoms with Crippen LogP contribution in [-0.2, 0) is 28.9 Å². The smallest absolute Gasteiger partial charge is 0.242 e. The van der Waals surface area contributed by atoms with Crippen LogP contribution in [-0.4, -0.2) is 11.8 Å². The molecule has 0 heterocycles. The lowest BCUT2D eigenvalue weighted by Crippen LogP contribution is -2.43. The lowest BCUT2D eigenvalue weighted by Gasteiger charge is -2.09. The molecule has 5 heteroatoms. The van der Waals surface area contributed by atoms with Gasteiger partial charge in [0.1, 0.15) is 0 Å². The molecule has 0 bridgehead atoms. The fourth-order valence-corrected chi connectivity index (χ4v) is 2.59. The Labute approximate surface area is 153 Å². The molecule has 132 valence electrons. The largest absolute Gasteiger partial charge is 0.273 e. The molecule has 2 amide bonds. The van der Waals surface area contributed by atoms with Gasteiger partial charge < -0.3 is 0 Å². The predicted molar refractivity (Wildman–Crippen MR) is 100 cm³/mol. The van der Waals surface area contributed by atoms with E-state index in [1.165, 1.54) is 5.56 Å². The summed E-state index contributed by atoms with van der Waals surface area (Å²) in [5, 5.41) is 0.622. The van der Waals surface area contributed by atoms with E-state index in [0.29, 0.717) is 10.9 Å². The van der Waals surface area contributed by atoms with Crippen LogP contribution in [0.15, 0.2) is 48.5 Å². The Morgan fingerprint density at radius 3 is 1.64 bits per heavy atom. The average Bonchev–Trinajstić information content (AvgIpc) is 2.56. The molecule has 0 aliphatic carbocycles. The molecule has 0 aliphatic heterocycles. The molecule has 0 saturated carbocycles. The summed E-state index contributed by atoms with van der Waals surface area (Å²) in [6, 6.07) is 15.0. The van der Waals surface area contributed by atoms with Crippen molar-refractivity contribution < 1.29 is 9.59 Å². The molecule has 4 nitrogen and oxygen atoms in total. The molecule has 0 fully saturated rings. The fraction of sp³-hybridized carbons (Fsp3) is 0.300. The lowest BCUT2D eigenvalue weighted by molar-refractivity contribution is -0.128. The van der Waals surface area contributed by atoms with Crippen LogP contribution in [0, 0.1) is 5.92 Å². The molecule has 0 radical (unpaired) electrons. The summed E-state index contributed by atoms with van der Waals surface area (Å²) in [5.74, 6) is 0.0778. The van der Waals surface area contributed by atoms with Crippen molar-refractivity contribution in [2.45, 2.75) is 33.1 Å². The topological polar surface area (TPSA) is 58.2 Å². The fourth-order valence-electron chi connectivity index (χ4n) is 2.47. The number of halogens is 1. The third kappa shape index (κ3) is 6.98. The Morgan fingerprint density at radius 1 is 0.800 bits per heavy atom. The van der Waals surface area contributed by atoms with Gasteiger partial charge in [-0.25, -0.2) is 0 Å². The van der Waals surface area contributed by atoms with Crippen molar-refractivity contribution in [2.24, 2.45) is 5.92 Å². The van der Waals surface area contributed by atoms with Crippen molar-refractivity contribution in [2.75, 3.05) is 0 Å². The monoisotopic (exact) mass is 358 g/mol. The molecule has 2 N–H and O–H groups in total. The Kier molecular flexibility index (Phi) is 7.02. The maximum Gasteiger partial charge on any atom is 0.242 e. The maximum absolute atomic E-state index is 11.9. The Morgan fingerprint density at radius 2 is 1.20 bits per heavy atom. The zero-order valence-corrected chi connectivity index (χ0v) is 15.3. The highest BCUT2D eigenvalue weighted by Gasteiger charge is 2.07. The molecule has 0 atom stereocenters. The number of amides is 2. The van der Waals surface area contributed by atoms with Crippen molar-refractivity contribution in [3.8, 4) is 0 Å². The minimum absolute atomic E-state index is 0.182. The van der Waals surface area contributed by atoms with Crippen LogP contribution >= 0.6 is 11.6 Å². The van der Waals surface area contributed by atoms with E-state index in [1.807, 2.05) is 24.3 Å². The van der Waals surface area contributed by atoms with E-state index in [-0.39, 0.29) is 24.7 Å². The molecule has 0 aliphatic rings. The van der Waals surface area contributed by atoms with E-state index in [4.69, 9.17) is 11.6 Å². The number of carbonyl (C=O) groups is 2. The van der Waals surface area contributed by atoms with Crippen LogP contribution in [0.1, 0.15) is 30.5 Å². The summed E-state index contributed by atoms with van der Waals surface area (Å²) in [4.78, 5) is 23.8. The van der Waals surface area contributed by atoms with E-state index in [1.54, 1.807) is 24.3 Å². The Bertz CT molecular complexity index is 709. The van der Waals surface area contributed by atoms with Crippen LogP contribution in [0.5, 0.6) is 0 Å². The van der Waals surface area contributed by atoms with Gasteiger partial charge in [-0.15, -0.1) is 0 Å². The van der Waals surface area contributed by atoms with Gasteiger partial charge >= 0.3 is 0 Å². The number of nitrogens with one attached hydrogen (secondary N) is 2. The Hall–Kier alpha value is -2.33. The quantitative estimate of drug-likeness (QED) is 0.777. The van der Waals surface area contributed by atoms with E-state index >= 15 is 0 Å². The standard InChI is InChI=1S/C20H23ClN2O2/c1-14(2)11-15-3-5-16(6-4-15)12-19(24)22-23-20(25)13-17-7-9-18(21)10-8-17/h3-10,14H,11-13H2,1-2H3,(H,22,24)(H,23,25). The number of rotatable bonds is 6. The highest BCUT2D eigenvalue weighted by Crippen LogP contribution is 2.11. The second-order valence-corrected chi connectivity index (χ2v) is 6.93.